The van der Waals surface area contributed by atoms with Crippen LogP contribution in [-0.4, -0.2) is 140 Å². The molecule has 0 aliphatic heterocycles. The summed E-state index contributed by atoms with van der Waals surface area (Å²) in [6, 6.07) is 0. The summed E-state index contributed by atoms with van der Waals surface area (Å²) < 4.78 is 107. The van der Waals surface area contributed by atoms with Crippen LogP contribution < -0.4 is 0 Å². The second kappa shape index (κ2) is 23.3. The van der Waals surface area contributed by atoms with Crippen molar-refractivity contribution in [2.45, 2.75) is 198 Å². The molecule has 0 unspecified atom stereocenters. The monoisotopic (exact) mass is 1140 g/mol. The van der Waals surface area contributed by atoms with Gasteiger partial charge in [-0.25, -0.2) is 0 Å². The van der Waals surface area contributed by atoms with Gasteiger partial charge in [0.2, 0.25) is 0 Å². The molecule has 0 radical (unpaired) electrons. The minimum Gasteiger partial charge on any atom is -0.416 e. The van der Waals surface area contributed by atoms with Crippen molar-refractivity contribution in [3.8, 4) is 0 Å². The predicted octanol–water partition coefficient (Wildman–Crippen LogP) is 11.0. The van der Waals surface area contributed by atoms with Gasteiger partial charge in [-0.1, -0.05) is 0 Å². The molecule has 0 aromatic carbocycles. The lowest BCUT2D eigenvalue weighted by Gasteiger charge is -2.46. The first-order valence-electron chi connectivity index (χ1n) is 22.4. The molecular weight excluding hydrogens is 1050 g/mol. The van der Waals surface area contributed by atoms with Gasteiger partial charge in [0.15, 0.2) is 25.0 Å². The highest BCUT2D eigenvalue weighted by Crippen LogP contribution is 2.34. The minimum atomic E-state index is -3.62. The quantitative estimate of drug-likeness (QED) is 0.0588. The number of rotatable bonds is 32. The van der Waals surface area contributed by atoms with Crippen molar-refractivity contribution in [3.63, 3.8) is 0 Å². The molecule has 30 heteroatoms. The van der Waals surface area contributed by atoms with Crippen molar-refractivity contribution in [3.05, 3.63) is 0 Å². The van der Waals surface area contributed by atoms with Crippen molar-refractivity contribution < 1.29 is 66.8 Å². The first-order valence-corrected chi connectivity index (χ1v) is 61.2. The van der Waals surface area contributed by atoms with E-state index in [4.69, 9.17) is 66.8 Å². The molecule has 0 aromatic rings. The second-order valence-electron chi connectivity index (χ2n) is 22.6. The molecule has 0 aliphatic carbocycles. The van der Waals surface area contributed by atoms with E-state index in [0.717, 1.165) is 0 Å². The van der Waals surface area contributed by atoms with Crippen LogP contribution in [0.1, 0.15) is 20.8 Å². The number of hydrogen-bond acceptors (Lipinski definition) is 16. The van der Waals surface area contributed by atoms with E-state index in [1.165, 1.54) is 0 Å². The van der Waals surface area contributed by atoms with E-state index in [-0.39, 0.29) is 0 Å². The fourth-order valence-corrected chi connectivity index (χ4v) is 69.4. The van der Waals surface area contributed by atoms with E-state index in [1.807, 2.05) is 139 Å². The molecule has 0 bridgehead atoms. The van der Waals surface area contributed by atoms with Gasteiger partial charge in [-0.3, -0.25) is 0 Å². The van der Waals surface area contributed by atoms with Crippen LogP contribution in [0.25, 0.3) is 0 Å². The Bertz CT molecular complexity index is 1340. The first-order chi connectivity index (χ1) is 27.4. The van der Waals surface area contributed by atoms with E-state index in [9.17, 15) is 0 Å². The summed E-state index contributed by atoms with van der Waals surface area (Å²) in [6.07, 6.45) is 0. The molecule has 0 rings (SSSR count). The van der Waals surface area contributed by atoms with Crippen LogP contribution in [0.5, 0.6) is 0 Å². The minimum absolute atomic E-state index is 0.399. The lowest BCUT2D eigenvalue weighted by molar-refractivity contribution is 0.00144. The highest BCUT2D eigenvalue weighted by Gasteiger charge is 2.59. The van der Waals surface area contributed by atoms with Crippen LogP contribution >= 0.6 is 0 Å². The normalized spacial score (nSPS) is 15.7. The van der Waals surface area contributed by atoms with Crippen molar-refractivity contribution >= 4 is 120 Å². The molecule has 0 heterocycles. The van der Waals surface area contributed by atoms with Crippen LogP contribution in [0.2, 0.25) is 177 Å². The molecule has 0 saturated heterocycles. The molecule has 0 saturated carbocycles. The Balaban J connectivity index is 6.04. The third-order valence-electron chi connectivity index (χ3n) is 6.93. The Labute approximate surface area is 401 Å². The molecule has 16 nitrogen and oxygen atoms in total. The van der Waals surface area contributed by atoms with Gasteiger partial charge in [0.25, 0.3) is 0 Å². The van der Waals surface area contributed by atoms with Crippen molar-refractivity contribution in [2.75, 3.05) is 19.8 Å². The lowest BCUT2D eigenvalue weighted by atomic mass is 10.9. The Hall–Kier alpha value is 2.40. The standard InChI is InChI=1S/C33H96O16Si14/c1-31-34-62(35-32-2,36-33-3)48-60(27,28)46-58(23,24)44-56(19,20)42-54(15,16)40-53(13,14)41-55(17,18)43-57(21,22)45-59(25,26)47-61(29,30)49-63(37-50(4,5)6,38-51(7,8)9)39-52(10,11)12/h31-33H2,1-30H3. The Morgan fingerprint density at radius 2 is 0.333 bits per heavy atom. The Kier molecular flexibility index (Phi) is 24.2. The fourth-order valence-electron chi connectivity index (χ4n) is 7.52. The predicted molar refractivity (Wildman–Crippen MR) is 288 cm³/mol. The zero-order valence-corrected chi connectivity index (χ0v) is 59.7. The van der Waals surface area contributed by atoms with Gasteiger partial charge in [0.1, 0.15) is 0 Å². The average molecular weight is 1140 g/mol. The summed E-state index contributed by atoms with van der Waals surface area (Å²) in [5, 5.41) is 0. The summed E-state index contributed by atoms with van der Waals surface area (Å²) in [4.78, 5) is 0. The molecule has 0 fully saturated rings. The third-order valence-corrected chi connectivity index (χ3v) is 56.6. The van der Waals surface area contributed by atoms with Crippen molar-refractivity contribution in [1.29, 1.82) is 0 Å². The Morgan fingerprint density at radius 1 is 0.190 bits per heavy atom. The first kappa shape index (κ1) is 65.4. The molecule has 0 atom stereocenters. The van der Waals surface area contributed by atoms with E-state index < -0.39 is 120 Å². The summed E-state index contributed by atoms with van der Waals surface area (Å²) in [6.45, 7) is 62.7. The molecule has 0 spiro atoms. The maximum absolute atomic E-state index is 7.00. The van der Waals surface area contributed by atoms with Crippen LogP contribution in [0.4, 0.5) is 0 Å². The van der Waals surface area contributed by atoms with Gasteiger partial charge in [-0.05, 0) is 198 Å². The summed E-state index contributed by atoms with van der Waals surface area (Å²) in [7, 11) is -39.2. The maximum Gasteiger partial charge on any atom is 0.670 e. The zero-order chi connectivity index (χ0) is 50.4. The Morgan fingerprint density at radius 3 is 0.476 bits per heavy atom. The maximum atomic E-state index is 7.00. The fraction of sp³-hybridized carbons (Fsp3) is 1.00. The molecular formula is C33H96O16Si14. The summed E-state index contributed by atoms with van der Waals surface area (Å²) in [5.74, 6) is 0. The van der Waals surface area contributed by atoms with Crippen molar-refractivity contribution in [2.24, 2.45) is 0 Å². The van der Waals surface area contributed by atoms with Gasteiger partial charge in [-0.2, -0.15) is 0 Å². The second-order valence-corrected chi connectivity index (χ2v) is 73.9. The smallest absolute Gasteiger partial charge is 0.416 e. The molecule has 63 heavy (non-hydrogen) atoms. The lowest BCUT2D eigenvalue weighted by Crippen LogP contribution is -2.67. The molecule has 0 aromatic heterocycles. The topological polar surface area (TPSA) is 148 Å². The largest absolute Gasteiger partial charge is 0.670 e. The van der Waals surface area contributed by atoms with Gasteiger partial charge in [0, 0.05) is 19.8 Å². The van der Waals surface area contributed by atoms with Crippen LogP contribution in [0.3, 0.4) is 0 Å². The van der Waals surface area contributed by atoms with E-state index in [1.54, 1.807) is 0 Å². The van der Waals surface area contributed by atoms with Gasteiger partial charge in [0.05, 0.1) is 0 Å². The van der Waals surface area contributed by atoms with Crippen LogP contribution in [0, 0.1) is 0 Å². The molecule has 380 valence electrons. The highest BCUT2D eigenvalue weighted by atomic mass is 28.6. The average Bonchev–Trinajstić information content (AvgIpc) is 2.83. The van der Waals surface area contributed by atoms with Crippen molar-refractivity contribution in [1.82, 2.24) is 0 Å². The zero-order valence-electron chi connectivity index (χ0n) is 45.7. The summed E-state index contributed by atoms with van der Waals surface area (Å²) in [5.41, 5.74) is 0. The molecule has 0 N–H and O–H groups in total. The number of hydrogen-bond donors (Lipinski definition) is 0. The summed E-state index contributed by atoms with van der Waals surface area (Å²) >= 11 is 0. The van der Waals surface area contributed by atoms with Gasteiger partial charge in [-0.15, -0.1) is 0 Å². The third kappa shape index (κ3) is 29.4. The molecule has 0 aliphatic rings. The van der Waals surface area contributed by atoms with Crippen LogP contribution in [-0.2, 0) is 66.8 Å². The molecule has 0 amide bonds. The highest BCUT2D eigenvalue weighted by molar-refractivity contribution is 6.94. The van der Waals surface area contributed by atoms with E-state index in [2.05, 4.69) is 58.9 Å². The van der Waals surface area contributed by atoms with E-state index >= 15 is 0 Å². The van der Waals surface area contributed by atoms with E-state index in [0.29, 0.717) is 19.8 Å². The SMILES string of the molecule is CCO[Si](OCC)(OCC)O[Si](C)(C)O[Si](C)(C)O[Si](C)(C)O[Si](C)(C)O[Si](C)(C)O[Si](C)(C)O[Si](C)(C)O[Si](C)(C)O[Si](C)(C)O[Si](O[Si](C)(C)C)(O[Si](C)(C)C)O[Si](C)(C)C. The van der Waals surface area contributed by atoms with Crippen LogP contribution in [0.15, 0.2) is 0 Å². The van der Waals surface area contributed by atoms with Gasteiger partial charge >= 0.3 is 95.1 Å². The van der Waals surface area contributed by atoms with Gasteiger partial charge < -0.3 is 66.8 Å².